The SMILES string of the molecule is Cc1nc(-c2ccccc2-c2cccc(F)c2F)nc2c1C(=O)NCC2. The molecule has 0 bridgehead atoms. The molecule has 130 valence electrons. The first-order valence-corrected chi connectivity index (χ1v) is 8.25. The van der Waals surface area contributed by atoms with Gasteiger partial charge in [-0.05, 0) is 18.6 Å². The highest BCUT2D eigenvalue weighted by molar-refractivity contribution is 5.97. The van der Waals surface area contributed by atoms with Crippen LogP contribution in [0.5, 0.6) is 0 Å². The van der Waals surface area contributed by atoms with Crippen molar-refractivity contribution in [2.75, 3.05) is 6.54 Å². The first kappa shape index (κ1) is 16.3. The molecule has 6 heteroatoms. The zero-order valence-electron chi connectivity index (χ0n) is 14.0. The summed E-state index contributed by atoms with van der Waals surface area (Å²) >= 11 is 0. The lowest BCUT2D eigenvalue weighted by Crippen LogP contribution is -2.33. The molecule has 0 aliphatic carbocycles. The van der Waals surface area contributed by atoms with Crippen LogP contribution in [0.3, 0.4) is 0 Å². The Labute approximate surface area is 148 Å². The van der Waals surface area contributed by atoms with Crippen LogP contribution in [-0.2, 0) is 6.42 Å². The molecule has 0 unspecified atom stereocenters. The van der Waals surface area contributed by atoms with Gasteiger partial charge in [-0.3, -0.25) is 4.79 Å². The van der Waals surface area contributed by atoms with Crippen LogP contribution in [0, 0.1) is 18.6 Å². The molecule has 1 amide bonds. The third kappa shape index (κ3) is 2.63. The van der Waals surface area contributed by atoms with Gasteiger partial charge in [0.25, 0.3) is 5.91 Å². The smallest absolute Gasteiger partial charge is 0.254 e. The molecule has 0 atom stereocenters. The van der Waals surface area contributed by atoms with E-state index in [2.05, 4.69) is 15.3 Å². The lowest BCUT2D eigenvalue weighted by Gasteiger charge is -2.19. The summed E-state index contributed by atoms with van der Waals surface area (Å²) in [5, 5.41) is 2.78. The fourth-order valence-corrected chi connectivity index (χ4v) is 3.24. The van der Waals surface area contributed by atoms with E-state index in [0.717, 1.165) is 6.07 Å². The topological polar surface area (TPSA) is 54.9 Å². The molecular weight excluding hydrogens is 336 g/mol. The number of amides is 1. The molecule has 1 aliphatic rings. The first-order chi connectivity index (χ1) is 12.6. The number of nitrogens with zero attached hydrogens (tertiary/aromatic N) is 2. The van der Waals surface area contributed by atoms with Gasteiger partial charge in [0.15, 0.2) is 17.5 Å². The molecule has 26 heavy (non-hydrogen) atoms. The number of rotatable bonds is 2. The second-order valence-electron chi connectivity index (χ2n) is 6.11. The Hall–Kier alpha value is -3.15. The Morgan fingerprint density at radius 1 is 0.962 bits per heavy atom. The summed E-state index contributed by atoms with van der Waals surface area (Å²) in [7, 11) is 0. The van der Waals surface area contributed by atoms with Crippen LogP contribution in [0.1, 0.15) is 21.7 Å². The molecule has 0 saturated carbocycles. The third-order valence-electron chi connectivity index (χ3n) is 4.45. The van der Waals surface area contributed by atoms with E-state index in [-0.39, 0.29) is 11.5 Å². The number of aryl methyl sites for hydroxylation is 1. The fraction of sp³-hybridized carbons (Fsp3) is 0.150. The Bertz CT molecular complexity index is 1030. The van der Waals surface area contributed by atoms with E-state index < -0.39 is 11.6 Å². The minimum absolute atomic E-state index is 0.150. The molecule has 2 heterocycles. The Morgan fingerprint density at radius 3 is 2.50 bits per heavy atom. The van der Waals surface area contributed by atoms with Crippen LogP contribution in [0.4, 0.5) is 8.78 Å². The van der Waals surface area contributed by atoms with Crippen LogP contribution < -0.4 is 5.32 Å². The quantitative estimate of drug-likeness (QED) is 0.766. The van der Waals surface area contributed by atoms with E-state index in [0.29, 0.717) is 46.9 Å². The number of hydrogen-bond acceptors (Lipinski definition) is 3. The fourth-order valence-electron chi connectivity index (χ4n) is 3.24. The van der Waals surface area contributed by atoms with Crippen molar-refractivity contribution in [2.24, 2.45) is 0 Å². The van der Waals surface area contributed by atoms with Gasteiger partial charge in [0, 0.05) is 24.1 Å². The van der Waals surface area contributed by atoms with Gasteiger partial charge < -0.3 is 5.32 Å². The minimum atomic E-state index is -0.908. The number of hydrogen-bond donors (Lipinski definition) is 1. The van der Waals surface area contributed by atoms with Crippen molar-refractivity contribution >= 4 is 5.91 Å². The predicted octanol–water partition coefficient (Wildman–Crippen LogP) is 3.68. The predicted molar refractivity (Wildman–Crippen MR) is 93.6 cm³/mol. The summed E-state index contributed by atoms with van der Waals surface area (Å²) in [6, 6.07) is 11.1. The second kappa shape index (κ2) is 6.29. The summed E-state index contributed by atoms with van der Waals surface area (Å²) in [5.41, 5.74) is 2.98. The number of nitrogens with one attached hydrogen (secondary N) is 1. The monoisotopic (exact) mass is 351 g/mol. The molecule has 2 aromatic carbocycles. The maximum Gasteiger partial charge on any atom is 0.254 e. The molecule has 0 fully saturated rings. The van der Waals surface area contributed by atoms with Crippen molar-refractivity contribution < 1.29 is 13.6 Å². The summed E-state index contributed by atoms with van der Waals surface area (Å²) in [5.74, 6) is -1.60. The molecule has 1 aromatic heterocycles. The summed E-state index contributed by atoms with van der Waals surface area (Å²) in [4.78, 5) is 21.0. The molecule has 1 N–H and O–H groups in total. The van der Waals surface area contributed by atoms with Crippen LogP contribution in [0.25, 0.3) is 22.5 Å². The van der Waals surface area contributed by atoms with Crippen molar-refractivity contribution in [3.8, 4) is 22.5 Å². The van der Waals surface area contributed by atoms with Crippen LogP contribution in [-0.4, -0.2) is 22.4 Å². The number of fused-ring (bicyclic) bond motifs is 1. The molecular formula is C20H15F2N3O. The van der Waals surface area contributed by atoms with Crippen molar-refractivity contribution in [1.82, 2.24) is 15.3 Å². The number of halogens is 2. The summed E-state index contributed by atoms with van der Waals surface area (Å²) in [6.07, 6.45) is 0.605. The van der Waals surface area contributed by atoms with E-state index in [9.17, 15) is 13.6 Å². The first-order valence-electron chi connectivity index (χ1n) is 8.25. The normalized spacial score (nSPS) is 13.3. The zero-order valence-corrected chi connectivity index (χ0v) is 14.0. The molecule has 4 rings (SSSR count). The number of carbonyl (C=O) groups excluding carboxylic acids is 1. The van der Waals surface area contributed by atoms with Crippen molar-refractivity contribution in [3.05, 3.63) is 71.1 Å². The molecule has 1 aliphatic heterocycles. The van der Waals surface area contributed by atoms with Gasteiger partial charge in [-0.1, -0.05) is 36.4 Å². The summed E-state index contributed by atoms with van der Waals surface area (Å²) < 4.78 is 28.0. The maximum absolute atomic E-state index is 14.3. The van der Waals surface area contributed by atoms with Gasteiger partial charge >= 0.3 is 0 Å². The number of carbonyl (C=O) groups is 1. The molecule has 4 nitrogen and oxygen atoms in total. The lowest BCUT2D eigenvalue weighted by atomic mass is 9.97. The third-order valence-corrected chi connectivity index (χ3v) is 4.45. The Balaban J connectivity index is 1.92. The van der Waals surface area contributed by atoms with Crippen LogP contribution in [0.15, 0.2) is 42.5 Å². The van der Waals surface area contributed by atoms with Gasteiger partial charge in [-0.2, -0.15) is 0 Å². The van der Waals surface area contributed by atoms with Gasteiger partial charge in [-0.25, -0.2) is 18.7 Å². The average Bonchev–Trinajstić information content (AvgIpc) is 2.64. The van der Waals surface area contributed by atoms with Gasteiger partial charge in [-0.15, -0.1) is 0 Å². The highest BCUT2D eigenvalue weighted by Crippen LogP contribution is 2.33. The number of aromatic nitrogens is 2. The van der Waals surface area contributed by atoms with Crippen molar-refractivity contribution in [1.29, 1.82) is 0 Å². The average molecular weight is 351 g/mol. The molecule has 3 aromatic rings. The van der Waals surface area contributed by atoms with Gasteiger partial charge in [0.2, 0.25) is 0 Å². The number of benzene rings is 2. The molecule has 0 radical (unpaired) electrons. The summed E-state index contributed by atoms with van der Waals surface area (Å²) in [6.45, 7) is 2.27. The van der Waals surface area contributed by atoms with Crippen molar-refractivity contribution in [3.63, 3.8) is 0 Å². The van der Waals surface area contributed by atoms with E-state index in [1.807, 2.05) is 0 Å². The van der Waals surface area contributed by atoms with E-state index in [1.165, 1.54) is 12.1 Å². The molecule has 0 saturated heterocycles. The molecule has 0 spiro atoms. The van der Waals surface area contributed by atoms with Crippen LogP contribution in [0.2, 0.25) is 0 Å². The zero-order chi connectivity index (χ0) is 18.3. The van der Waals surface area contributed by atoms with E-state index >= 15 is 0 Å². The Morgan fingerprint density at radius 2 is 1.69 bits per heavy atom. The highest BCUT2D eigenvalue weighted by atomic mass is 19.2. The largest absolute Gasteiger partial charge is 0.352 e. The maximum atomic E-state index is 14.3. The van der Waals surface area contributed by atoms with E-state index in [4.69, 9.17) is 0 Å². The van der Waals surface area contributed by atoms with Crippen LogP contribution >= 0.6 is 0 Å². The van der Waals surface area contributed by atoms with Gasteiger partial charge in [0.1, 0.15) is 0 Å². The van der Waals surface area contributed by atoms with Crippen molar-refractivity contribution in [2.45, 2.75) is 13.3 Å². The Kier molecular flexibility index (Phi) is 3.95. The minimum Gasteiger partial charge on any atom is -0.352 e. The second-order valence-corrected chi connectivity index (χ2v) is 6.11. The lowest BCUT2D eigenvalue weighted by molar-refractivity contribution is 0.0944. The highest BCUT2D eigenvalue weighted by Gasteiger charge is 2.23. The van der Waals surface area contributed by atoms with E-state index in [1.54, 1.807) is 31.2 Å². The standard InChI is InChI=1S/C20H15F2N3O/c1-11-17-16(9-10-23-20(17)26)25-19(24-11)14-6-3-2-5-12(14)13-7-4-8-15(21)18(13)22/h2-8H,9-10H2,1H3,(H,23,26). The van der Waals surface area contributed by atoms with Gasteiger partial charge in [0.05, 0.1) is 17.0 Å².